The lowest BCUT2D eigenvalue weighted by Gasteiger charge is -2.36. The first-order valence-corrected chi connectivity index (χ1v) is 7.40. The van der Waals surface area contributed by atoms with E-state index in [4.69, 9.17) is 5.73 Å². The third-order valence-corrected chi connectivity index (χ3v) is 4.63. The second kappa shape index (κ2) is 5.95. The first kappa shape index (κ1) is 13.9. The summed E-state index contributed by atoms with van der Waals surface area (Å²) < 4.78 is 28.3. The van der Waals surface area contributed by atoms with Gasteiger partial charge in [-0.1, -0.05) is 6.42 Å². The zero-order valence-electron chi connectivity index (χ0n) is 10.1. The van der Waals surface area contributed by atoms with Crippen molar-refractivity contribution in [3.8, 4) is 0 Å². The Bertz CT molecular complexity index is 299. The molecule has 0 aromatic heterocycles. The Kier molecular flexibility index (Phi) is 5.17. The van der Waals surface area contributed by atoms with E-state index < -0.39 is 10.2 Å². The Morgan fingerprint density at radius 2 is 2.06 bits per heavy atom. The number of hydrogen-bond acceptors (Lipinski definition) is 3. The number of nitrogens with two attached hydrogens (primary N) is 1. The van der Waals surface area contributed by atoms with Crippen LogP contribution in [-0.2, 0) is 10.2 Å². The lowest BCUT2D eigenvalue weighted by Crippen LogP contribution is -2.51. The molecule has 0 aliphatic heterocycles. The molecule has 0 bridgehead atoms. The zero-order chi connectivity index (χ0) is 12.2. The number of hydrogen-bond donors (Lipinski definition) is 2. The van der Waals surface area contributed by atoms with Gasteiger partial charge in [-0.3, -0.25) is 0 Å². The lowest BCUT2D eigenvalue weighted by molar-refractivity contribution is 0.215. The summed E-state index contributed by atoms with van der Waals surface area (Å²) in [4.78, 5) is 0. The van der Waals surface area contributed by atoms with Crippen molar-refractivity contribution in [2.75, 3.05) is 13.1 Å². The normalized spacial score (nSPS) is 18.1. The van der Waals surface area contributed by atoms with Gasteiger partial charge in [0.05, 0.1) is 0 Å². The van der Waals surface area contributed by atoms with Crippen LogP contribution in [0.1, 0.15) is 39.5 Å². The fourth-order valence-corrected chi connectivity index (χ4v) is 3.49. The van der Waals surface area contributed by atoms with Gasteiger partial charge in [-0.15, -0.1) is 0 Å². The highest BCUT2D eigenvalue weighted by molar-refractivity contribution is 7.87. The summed E-state index contributed by atoms with van der Waals surface area (Å²) in [5.41, 5.74) is 5.44. The van der Waals surface area contributed by atoms with Gasteiger partial charge in [0, 0.05) is 18.6 Å². The van der Waals surface area contributed by atoms with Gasteiger partial charge in [0.2, 0.25) is 0 Å². The minimum atomic E-state index is -3.33. The molecule has 16 heavy (non-hydrogen) atoms. The van der Waals surface area contributed by atoms with Gasteiger partial charge >= 0.3 is 0 Å². The molecular formula is C10H23N3O2S. The van der Waals surface area contributed by atoms with Crippen LogP contribution >= 0.6 is 0 Å². The van der Waals surface area contributed by atoms with Crippen LogP contribution in [0.2, 0.25) is 0 Å². The topological polar surface area (TPSA) is 75.4 Å². The molecule has 0 unspecified atom stereocenters. The fourth-order valence-electron chi connectivity index (χ4n) is 1.79. The van der Waals surface area contributed by atoms with E-state index in [0.717, 1.165) is 25.7 Å². The molecule has 0 radical (unpaired) electrons. The maximum Gasteiger partial charge on any atom is 0.279 e. The summed E-state index contributed by atoms with van der Waals surface area (Å²) in [6.45, 7) is 4.72. The molecule has 0 heterocycles. The van der Waals surface area contributed by atoms with E-state index in [1.807, 2.05) is 13.8 Å². The van der Waals surface area contributed by atoms with Crippen molar-refractivity contribution < 1.29 is 8.42 Å². The molecule has 0 amide bonds. The minimum absolute atomic E-state index is 0.0644. The van der Waals surface area contributed by atoms with Crippen molar-refractivity contribution in [1.29, 1.82) is 0 Å². The van der Waals surface area contributed by atoms with E-state index in [0.29, 0.717) is 13.1 Å². The molecule has 6 heteroatoms. The molecule has 0 aromatic rings. The molecule has 1 aliphatic rings. The number of nitrogens with one attached hydrogen (secondary N) is 1. The van der Waals surface area contributed by atoms with E-state index >= 15 is 0 Å². The van der Waals surface area contributed by atoms with Crippen LogP contribution in [0.3, 0.4) is 0 Å². The standard InChI is InChI=1S/C10H23N3O2S/c1-9(2)12-16(14,15)13(8-4-7-11)10-5-3-6-10/h9-10,12H,3-8,11H2,1-2H3. The summed E-state index contributed by atoms with van der Waals surface area (Å²) in [5.74, 6) is 0. The van der Waals surface area contributed by atoms with Gasteiger partial charge in [-0.05, 0) is 39.7 Å². The van der Waals surface area contributed by atoms with Gasteiger partial charge in [0.1, 0.15) is 0 Å². The largest absolute Gasteiger partial charge is 0.330 e. The highest BCUT2D eigenvalue weighted by Crippen LogP contribution is 2.26. The summed E-state index contributed by atoms with van der Waals surface area (Å²) in [5, 5.41) is 0. The summed E-state index contributed by atoms with van der Waals surface area (Å²) in [6, 6.07) is 0.119. The monoisotopic (exact) mass is 249 g/mol. The molecule has 1 aliphatic carbocycles. The fraction of sp³-hybridized carbons (Fsp3) is 1.00. The van der Waals surface area contributed by atoms with Gasteiger partial charge in [0.25, 0.3) is 10.2 Å². The molecule has 96 valence electrons. The second-order valence-electron chi connectivity index (χ2n) is 4.62. The van der Waals surface area contributed by atoms with Crippen molar-refractivity contribution in [1.82, 2.24) is 9.03 Å². The van der Waals surface area contributed by atoms with Crippen molar-refractivity contribution in [3.05, 3.63) is 0 Å². The highest BCUT2D eigenvalue weighted by Gasteiger charge is 2.33. The van der Waals surface area contributed by atoms with Crippen LogP contribution in [-0.4, -0.2) is 37.9 Å². The molecular weight excluding hydrogens is 226 g/mol. The van der Waals surface area contributed by atoms with Crippen LogP contribution in [0, 0.1) is 0 Å². The Labute approximate surface area is 98.6 Å². The number of rotatable bonds is 7. The minimum Gasteiger partial charge on any atom is -0.330 e. The maximum atomic E-state index is 12.1. The third-order valence-electron chi connectivity index (χ3n) is 2.76. The van der Waals surface area contributed by atoms with E-state index in [-0.39, 0.29) is 12.1 Å². The van der Waals surface area contributed by atoms with E-state index in [2.05, 4.69) is 4.72 Å². The first-order valence-electron chi connectivity index (χ1n) is 5.96. The van der Waals surface area contributed by atoms with Crippen LogP contribution in [0.5, 0.6) is 0 Å². The molecule has 3 N–H and O–H groups in total. The van der Waals surface area contributed by atoms with Crippen molar-refractivity contribution in [2.45, 2.75) is 51.6 Å². The molecule has 0 spiro atoms. The van der Waals surface area contributed by atoms with Crippen LogP contribution in [0.25, 0.3) is 0 Å². The van der Waals surface area contributed by atoms with Crippen molar-refractivity contribution in [2.24, 2.45) is 5.73 Å². The predicted octanol–water partition coefficient (Wildman–Crippen LogP) is 0.433. The zero-order valence-corrected chi connectivity index (χ0v) is 11.0. The Morgan fingerprint density at radius 1 is 1.44 bits per heavy atom. The van der Waals surface area contributed by atoms with Gasteiger partial charge < -0.3 is 5.73 Å². The quantitative estimate of drug-likeness (QED) is 0.687. The predicted molar refractivity (Wildman–Crippen MR) is 65.2 cm³/mol. The molecule has 1 fully saturated rings. The van der Waals surface area contributed by atoms with Gasteiger partial charge in [0.15, 0.2) is 0 Å². The van der Waals surface area contributed by atoms with Crippen LogP contribution in [0.15, 0.2) is 0 Å². The molecule has 1 saturated carbocycles. The molecule has 0 atom stereocenters. The SMILES string of the molecule is CC(C)NS(=O)(=O)N(CCCN)C1CCC1. The molecule has 0 saturated heterocycles. The highest BCUT2D eigenvalue weighted by atomic mass is 32.2. The first-order chi connectivity index (χ1) is 7.47. The van der Waals surface area contributed by atoms with Crippen molar-refractivity contribution >= 4 is 10.2 Å². The van der Waals surface area contributed by atoms with Crippen LogP contribution < -0.4 is 10.5 Å². The van der Waals surface area contributed by atoms with Gasteiger partial charge in [-0.25, -0.2) is 0 Å². The van der Waals surface area contributed by atoms with Gasteiger partial charge in [-0.2, -0.15) is 17.4 Å². The van der Waals surface area contributed by atoms with Crippen molar-refractivity contribution in [3.63, 3.8) is 0 Å². The summed E-state index contributed by atoms with van der Waals surface area (Å²) in [7, 11) is -3.33. The molecule has 5 nitrogen and oxygen atoms in total. The molecule has 1 rings (SSSR count). The van der Waals surface area contributed by atoms with E-state index in [1.54, 1.807) is 4.31 Å². The van der Waals surface area contributed by atoms with E-state index in [1.165, 1.54) is 0 Å². The lowest BCUT2D eigenvalue weighted by atomic mass is 9.93. The Hall–Kier alpha value is -0.170. The Morgan fingerprint density at radius 3 is 2.44 bits per heavy atom. The average molecular weight is 249 g/mol. The smallest absolute Gasteiger partial charge is 0.279 e. The summed E-state index contributed by atoms with van der Waals surface area (Å²) >= 11 is 0. The van der Waals surface area contributed by atoms with Crippen LogP contribution in [0.4, 0.5) is 0 Å². The summed E-state index contributed by atoms with van der Waals surface area (Å²) in [6.07, 6.45) is 3.80. The average Bonchev–Trinajstić information content (AvgIpc) is 2.06. The maximum absolute atomic E-state index is 12.1. The van der Waals surface area contributed by atoms with E-state index in [9.17, 15) is 8.42 Å². The molecule has 0 aromatic carbocycles. The second-order valence-corrected chi connectivity index (χ2v) is 6.27. The third kappa shape index (κ3) is 3.69. The Balaban J connectivity index is 2.66. The number of nitrogens with zero attached hydrogens (tertiary/aromatic N) is 1.